The molecule has 2 aromatic carbocycles. The first-order valence-corrected chi connectivity index (χ1v) is 6.98. The van der Waals surface area contributed by atoms with Crippen molar-refractivity contribution in [1.82, 2.24) is 4.90 Å². The molecular weight excluding hydrogens is 309 g/mol. The number of rotatable bonds is 5. The van der Waals surface area contributed by atoms with E-state index in [9.17, 15) is 14.3 Å². The summed E-state index contributed by atoms with van der Waals surface area (Å²) in [6.45, 7) is 0.365. The maximum atomic E-state index is 13.4. The molecule has 0 aliphatic heterocycles. The van der Waals surface area contributed by atoms with E-state index >= 15 is 0 Å². The smallest absolute Gasteiger partial charge is 0.257 e. The zero-order valence-corrected chi connectivity index (χ0v) is 12.7. The van der Waals surface area contributed by atoms with E-state index in [-0.39, 0.29) is 30.2 Å². The van der Waals surface area contributed by atoms with Gasteiger partial charge in [-0.25, -0.2) is 4.39 Å². The monoisotopic (exact) mass is 323 g/mol. The van der Waals surface area contributed by atoms with Gasteiger partial charge < -0.3 is 14.7 Å². The van der Waals surface area contributed by atoms with Crippen molar-refractivity contribution in [2.75, 3.05) is 20.2 Å². The third-order valence-corrected chi connectivity index (χ3v) is 3.29. The van der Waals surface area contributed by atoms with Gasteiger partial charge in [0.1, 0.15) is 12.4 Å². The number of likely N-dealkylation sites (N-methyl/N-ethyl adjacent to an activating group) is 1. The van der Waals surface area contributed by atoms with Crippen molar-refractivity contribution in [3.8, 4) is 11.5 Å². The van der Waals surface area contributed by atoms with Gasteiger partial charge in [0.15, 0.2) is 11.6 Å². The van der Waals surface area contributed by atoms with Gasteiger partial charge in [0.05, 0.1) is 12.1 Å². The summed E-state index contributed by atoms with van der Waals surface area (Å²) in [5, 5.41) is 10.1. The van der Waals surface area contributed by atoms with E-state index in [1.165, 1.54) is 35.2 Å². The molecule has 0 spiro atoms. The molecule has 0 aliphatic carbocycles. The number of nitrogens with zero attached hydrogens (tertiary/aromatic N) is 1. The van der Waals surface area contributed by atoms with Crippen molar-refractivity contribution >= 4 is 17.5 Å². The molecule has 6 heteroatoms. The van der Waals surface area contributed by atoms with Crippen LogP contribution in [0.15, 0.2) is 42.5 Å². The molecule has 22 heavy (non-hydrogen) atoms. The van der Waals surface area contributed by atoms with E-state index in [0.717, 1.165) is 0 Å². The summed E-state index contributed by atoms with van der Waals surface area (Å²) in [7, 11) is 1.56. The van der Waals surface area contributed by atoms with Gasteiger partial charge in [-0.15, -0.1) is 0 Å². The molecule has 0 aromatic heterocycles. The molecule has 2 rings (SSSR count). The van der Waals surface area contributed by atoms with Crippen LogP contribution in [0.3, 0.4) is 0 Å². The number of para-hydroxylation sites is 1. The zero-order valence-electron chi connectivity index (χ0n) is 11.9. The summed E-state index contributed by atoms with van der Waals surface area (Å²) in [6, 6.07) is 10.3. The fraction of sp³-hybridized carbons (Fsp3) is 0.188. The van der Waals surface area contributed by atoms with E-state index in [1.54, 1.807) is 19.2 Å². The van der Waals surface area contributed by atoms with Crippen molar-refractivity contribution < 1.29 is 19.0 Å². The molecule has 2 aromatic rings. The molecule has 0 heterocycles. The Labute approximate surface area is 132 Å². The normalized spacial score (nSPS) is 10.3. The highest BCUT2D eigenvalue weighted by Gasteiger charge is 2.16. The van der Waals surface area contributed by atoms with E-state index in [2.05, 4.69) is 0 Å². The number of amides is 1. The quantitative estimate of drug-likeness (QED) is 0.918. The van der Waals surface area contributed by atoms with Crippen molar-refractivity contribution in [3.05, 3.63) is 58.9 Å². The maximum Gasteiger partial charge on any atom is 0.257 e. The standard InChI is InChI=1S/C16H15ClFNO3/c1-19(8-9-22-15-5-3-2-4-13(15)18)16(21)12-10-11(17)6-7-14(12)20/h2-7,10,20H,8-9H2,1H3. The summed E-state index contributed by atoms with van der Waals surface area (Å²) < 4.78 is 18.7. The number of phenols is 1. The largest absolute Gasteiger partial charge is 0.507 e. The fourth-order valence-electron chi connectivity index (χ4n) is 1.84. The van der Waals surface area contributed by atoms with Crippen molar-refractivity contribution in [2.24, 2.45) is 0 Å². The lowest BCUT2D eigenvalue weighted by Gasteiger charge is -2.18. The minimum Gasteiger partial charge on any atom is -0.507 e. The van der Waals surface area contributed by atoms with E-state index in [4.69, 9.17) is 16.3 Å². The van der Waals surface area contributed by atoms with Gasteiger partial charge in [0.2, 0.25) is 0 Å². The Kier molecular flexibility index (Phi) is 5.22. The Hall–Kier alpha value is -2.27. The number of hydrogen-bond donors (Lipinski definition) is 1. The second kappa shape index (κ2) is 7.13. The molecule has 0 fully saturated rings. The van der Waals surface area contributed by atoms with Crippen molar-refractivity contribution in [2.45, 2.75) is 0 Å². The van der Waals surface area contributed by atoms with Gasteiger partial charge in [-0.05, 0) is 30.3 Å². The lowest BCUT2D eigenvalue weighted by atomic mass is 10.2. The lowest BCUT2D eigenvalue weighted by Crippen LogP contribution is -2.31. The molecule has 0 aliphatic rings. The molecule has 116 valence electrons. The first-order valence-electron chi connectivity index (χ1n) is 6.60. The third-order valence-electron chi connectivity index (χ3n) is 3.06. The Bertz CT molecular complexity index is 678. The molecule has 1 amide bonds. The molecule has 0 unspecified atom stereocenters. The minimum atomic E-state index is -0.455. The van der Waals surface area contributed by atoms with Crippen molar-refractivity contribution in [1.29, 1.82) is 0 Å². The van der Waals surface area contributed by atoms with Gasteiger partial charge >= 0.3 is 0 Å². The molecule has 0 bridgehead atoms. The van der Waals surface area contributed by atoms with Crippen LogP contribution in [0.5, 0.6) is 11.5 Å². The summed E-state index contributed by atoms with van der Waals surface area (Å²) in [5.74, 6) is -0.855. The highest BCUT2D eigenvalue weighted by Crippen LogP contribution is 2.22. The summed E-state index contributed by atoms with van der Waals surface area (Å²) in [4.78, 5) is 13.6. The SMILES string of the molecule is CN(CCOc1ccccc1F)C(=O)c1cc(Cl)ccc1O. The first-order chi connectivity index (χ1) is 10.5. The van der Waals surface area contributed by atoms with E-state index < -0.39 is 11.7 Å². The van der Waals surface area contributed by atoms with Crippen molar-refractivity contribution in [3.63, 3.8) is 0 Å². The predicted molar refractivity (Wildman–Crippen MR) is 82.0 cm³/mol. The van der Waals surface area contributed by atoms with Gasteiger partial charge in [-0.1, -0.05) is 23.7 Å². The molecule has 0 saturated heterocycles. The average molecular weight is 324 g/mol. The van der Waals surface area contributed by atoms with Crippen LogP contribution in [0, 0.1) is 5.82 Å². The van der Waals surface area contributed by atoms with Gasteiger partial charge in [-0.2, -0.15) is 0 Å². The van der Waals surface area contributed by atoms with E-state index in [0.29, 0.717) is 5.02 Å². The van der Waals surface area contributed by atoms with Gasteiger partial charge in [-0.3, -0.25) is 4.79 Å². The summed E-state index contributed by atoms with van der Waals surface area (Å²) in [6.07, 6.45) is 0. The number of phenolic OH excluding ortho intramolecular Hbond substituents is 1. The first kappa shape index (κ1) is 16.1. The zero-order chi connectivity index (χ0) is 16.1. The number of carbonyl (C=O) groups is 1. The van der Waals surface area contributed by atoms with Crippen LogP contribution in [-0.2, 0) is 0 Å². The summed E-state index contributed by atoms with van der Waals surface area (Å²) >= 11 is 5.82. The van der Waals surface area contributed by atoms with E-state index in [1.807, 2.05) is 0 Å². The number of aromatic hydroxyl groups is 1. The van der Waals surface area contributed by atoms with Crippen LogP contribution in [0.2, 0.25) is 5.02 Å². The molecule has 0 atom stereocenters. The van der Waals surface area contributed by atoms with Crippen LogP contribution >= 0.6 is 11.6 Å². The molecule has 4 nitrogen and oxygen atoms in total. The number of ether oxygens (including phenoxy) is 1. The lowest BCUT2D eigenvalue weighted by molar-refractivity contribution is 0.0770. The van der Waals surface area contributed by atoms with Crippen LogP contribution in [0.1, 0.15) is 10.4 Å². The number of carbonyl (C=O) groups excluding carboxylic acids is 1. The topological polar surface area (TPSA) is 49.8 Å². The number of hydrogen-bond acceptors (Lipinski definition) is 3. The molecule has 1 N–H and O–H groups in total. The summed E-state index contributed by atoms with van der Waals surface area (Å²) in [5.41, 5.74) is 0.112. The number of halogens is 2. The Balaban J connectivity index is 1.94. The second-order valence-corrected chi connectivity index (χ2v) is 5.10. The molecular formula is C16H15ClFNO3. The second-order valence-electron chi connectivity index (χ2n) is 4.67. The van der Waals surface area contributed by atoms with Crippen LogP contribution in [-0.4, -0.2) is 36.1 Å². The van der Waals surface area contributed by atoms with Gasteiger partial charge in [0, 0.05) is 12.1 Å². The Morgan fingerprint density at radius 2 is 2.05 bits per heavy atom. The highest BCUT2D eigenvalue weighted by atomic mass is 35.5. The van der Waals surface area contributed by atoms with Crippen LogP contribution in [0.25, 0.3) is 0 Å². The minimum absolute atomic E-state index is 0.112. The third kappa shape index (κ3) is 3.89. The molecule has 0 saturated carbocycles. The maximum absolute atomic E-state index is 13.4. The Morgan fingerprint density at radius 3 is 2.77 bits per heavy atom. The average Bonchev–Trinajstić information content (AvgIpc) is 2.50. The molecule has 0 radical (unpaired) electrons. The van der Waals surface area contributed by atoms with Gasteiger partial charge in [0.25, 0.3) is 5.91 Å². The predicted octanol–water partition coefficient (Wildman–Crippen LogP) is 3.34. The number of benzene rings is 2. The van der Waals surface area contributed by atoms with Crippen LogP contribution < -0.4 is 4.74 Å². The fourth-order valence-corrected chi connectivity index (χ4v) is 2.01. The highest BCUT2D eigenvalue weighted by molar-refractivity contribution is 6.31. The van der Waals surface area contributed by atoms with Crippen LogP contribution in [0.4, 0.5) is 4.39 Å². The Morgan fingerprint density at radius 1 is 1.32 bits per heavy atom.